The van der Waals surface area contributed by atoms with Gasteiger partial charge in [-0.25, -0.2) is 0 Å². The van der Waals surface area contributed by atoms with Gasteiger partial charge in [-0.05, 0) is 31.4 Å². The van der Waals surface area contributed by atoms with Crippen LogP contribution in [-0.4, -0.2) is 16.8 Å². The minimum absolute atomic E-state index is 0.261. The molecule has 1 aromatic heterocycles. The molecule has 1 saturated carbocycles. The van der Waals surface area contributed by atoms with E-state index in [1.807, 2.05) is 24.0 Å². The van der Waals surface area contributed by atoms with Crippen LogP contribution in [0.3, 0.4) is 0 Å². The fourth-order valence-electron chi connectivity index (χ4n) is 1.74. The van der Waals surface area contributed by atoms with Gasteiger partial charge in [0.15, 0.2) is 0 Å². The second kappa shape index (κ2) is 4.51. The molecule has 1 aliphatic rings. The molecular formula is C12H17NO2. The monoisotopic (exact) mass is 207 g/mol. The van der Waals surface area contributed by atoms with Crippen molar-refractivity contribution >= 4 is 5.91 Å². The lowest BCUT2D eigenvalue weighted by Gasteiger charge is -2.20. The molecule has 1 heterocycles. The maximum Gasteiger partial charge on any atom is 0.223 e. The molecule has 0 radical (unpaired) electrons. The maximum atomic E-state index is 11.8. The van der Waals surface area contributed by atoms with Gasteiger partial charge in [0.25, 0.3) is 0 Å². The largest absolute Gasteiger partial charge is 0.467 e. The highest BCUT2D eigenvalue weighted by atomic mass is 16.3. The zero-order valence-electron chi connectivity index (χ0n) is 9.11. The van der Waals surface area contributed by atoms with E-state index < -0.39 is 0 Å². The summed E-state index contributed by atoms with van der Waals surface area (Å²) in [6.45, 7) is 2.67. The summed E-state index contributed by atoms with van der Waals surface area (Å²) in [5.74, 6) is 1.14. The van der Waals surface area contributed by atoms with E-state index in [2.05, 4.69) is 0 Å². The Hall–Kier alpha value is -1.25. The first kappa shape index (κ1) is 10.3. The molecule has 82 valence electrons. The Morgan fingerprint density at radius 2 is 2.40 bits per heavy atom. The zero-order valence-corrected chi connectivity index (χ0v) is 9.11. The van der Waals surface area contributed by atoms with Crippen LogP contribution in [0.5, 0.6) is 0 Å². The van der Waals surface area contributed by atoms with Gasteiger partial charge in [-0.2, -0.15) is 0 Å². The predicted octanol–water partition coefficient (Wildman–Crippen LogP) is 2.57. The smallest absolute Gasteiger partial charge is 0.223 e. The van der Waals surface area contributed by atoms with Crippen LogP contribution in [0.4, 0.5) is 0 Å². The summed E-state index contributed by atoms with van der Waals surface area (Å²) in [5, 5.41) is 0. The van der Waals surface area contributed by atoms with Gasteiger partial charge in [0.1, 0.15) is 5.76 Å². The number of hydrogen-bond donors (Lipinski definition) is 0. The average molecular weight is 207 g/mol. The number of rotatable bonds is 5. The normalized spacial score (nSPS) is 15.3. The van der Waals surface area contributed by atoms with Crippen molar-refractivity contribution in [2.45, 2.75) is 45.2 Å². The topological polar surface area (TPSA) is 33.5 Å². The van der Waals surface area contributed by atoms with Crippen LogP contribution in [-0.2, 0) is 11.3 Å². The Bertz CT molecular complexity index is 314. The van der Waals surface area contributed by atoms with Gasteiger partial charge in [0.2, 0.25) is 5.91 Å². The average Bonchev–Trinajstić information content (AvgIpc) is 2.93. The van der Waals surface area contributed by atoms with Crippen molar-refractivity contribution in [3.8, 4) is 0 Å². The van der Waals surface area contributed by atoms with Gasteiger partial charge < -0.3 is 9.32 Å². The molecule has 3 nitrogen and oxygen atoms in total. The second-order valence-corrected chi connectivity index (χ2v) is 4.08. The van der Waals surface area contributed by atoms with Gasteiger partial charge in [-0.1, -0.05) is 6.92 Å². The van der Waals surface area contributed by atoms with E-state index in [4.69, 9.17) is 4.42 Å². The van der Waals surface area contributed by atoms with Crippen molar-refractivity contribution in [1.82, 2.24) is 4.90 Å². The third kappa shape index (κ3) is 2.61. The van der Waals surface area contributed by atoms with Gasteiger partial charge in [-0.3, -0.25) is 4.79 Å². The van der Waals surface area contributed by atoms with Crippen LogP contribution in [0.25, 0.3) is 0 Å². The van der Waals surface area contributed by atoms with Crippen molar-refractivity contribution in [2.24, 2.45) is 0 Å². The summed E-state index contributed by atoms with van der Waals surface area (Å²) in [7, 11) is 0. The predicted molar refractivity (Wildman–Crippen MR) is 57.2 cm³/mol. The molecular weight excluding hydrogens is 190 g/mol. The van der Waals surface area contributed by atoms with Crippen molar-refractivity contribution < 1.29 is 9.21 Å². The Kier molecular flexibility index (Phi) is 3.09. The minimum atomic E-state index is 0.261. The molecule has 0 N–H and O–H groups in total. The van der Waals surface area contributed by atoms with Crippen LogP contribution < -0.4 is 0 Å². The van der Waals surface area contributed by atoms with Crippen molar-refractivity contribution in [3.05, 3.63) is 24.2 Å². The summed E-state index contributed by atoms with van der Waals surface area (Å²) in [6.07, 6.45) is 5.52. The molecule has 0 aromatic carbocycles. The van der Waals surface area contributed by atoms with Crippen molar-refractivity contribution in [2.75, 3.05) is 0 Å². The summed E-state index contributed by atoms with van der Waals surface area (Å²) in [6, 6.07) is 4.26. The van der Waals surface area contributed by atoms with Gasteiger partial charge >= 0.3 is 0 Å². The molecule has 0 aliphatic heterocycles. The first-order chi connectivity index (χ1) is 7.31. The first-order valence-electron chi connectivity index (χ1n) is 5.63. The van der Waals surface area contributed by atoms with Gasteiger partial charge in [0.05, 0.1) is 12.8 Å². The highest BCUT2D eigenvalue weighted by molar-refractivity contribution is 5.76. The van der Waals surface area contributed by atoms with Crippen LogP contribution in [0.15, 0.2) is 22.8 Å². The van der Waals surface area contributed by atoms with E-state index in [1.54, 1.807) is 6.26 Å². The number of carbonyl (C=O) groups excluding carboxylic acids is 1. The highest BCUT2D eigenvalue weighted by Gasteiger charge is 2.32. The molecule has 0 saturated heterocycles. The van der Waals surface area contributed by atoms with Gasteiger partial charge in [-0.15, -0.1) is 0 Å². The van der Waals surface area contributed by atoms with Crippen LogP contribution >= 0.6 is 0 Å². The lowest BCUT2D eigenvalue weighted by Crippen LogP contribution is -2.32. The molecule has 0 bridgehead atoms. The number of furan rings is 1. The molecule has 0 spiro atoms. The summed E-state index contributed by atoms with van der Waals surface area (Å²) >= 11 is 0. The van der Waals surface area contributed by atoms with E-state index in [0.29, 0.717) is 19.0 Å². The molecule has 1 fully saturated rings. The molecule has 3 heteroatoms. The Balaban J connectivity index is 1.97. The number of nitrogens with zero attached hydrogens (tertiary/aromatic N) is 1. The fourth-order valence-corrected chi connectivity index (χ4v) is 1.74. The maximum absolute atomic E-state index is 11.8. The molecule has 15 heavy (non-hydrogen) atoms. The van der Waals surface area contributed by atoms with Crippen LogP contribution in [0.2, 0.25) is 0 Å². The van der Waals surface area contributed by atoms with E-state index in [9.17, 15) is 4.79 Å². The van der Waals surface area contributed by atoms with Crippen LogP contribution in [0.1, 0.15) is 38.4 Å². The molecule has 2 rings (SSSR count). The lowest BCUT2D eigenvalue weighted by molar-refractivity contribution is -0.132. The van der Waals surface area contributed by atoms with E-state index in [0.717, 1.165) is 25.0 Å². The fraction of sp³-hybridized carbons (Fsp3) is 0.583. The van der Waals surface area contributed by atoms with Gasteiger partial charge in [0, 0.05) is 12.5 Å². The van der Waals surface area contributed by atoms with E-state index in [1.165, 1.54) is 0 Å². The quantitative estimate of drug-likeness (QED) is 0.743. The molecule has 0 unspecified atom stereocenters. The van der Waals surface area contributed by atoms with Crippen molar-refractivity contribution in [1.29, 1.82) is 0 Å². The number of hydrogen-bond acceptors (Lipinski definition) is 2. The SMILES string of the molecule is CCCC(=O)N(Cc1ccco1)C1CC1. The summed E-state index contributed by atoms with van der Waals surface area (Å²) in [4.78, 5) is 13.8. The second-order valence-electron chi connectivity index (χ2n) is 4.08. The number of amides is 1. The standard InChI is InChI=1S/C12H17NO2/c1-2-4-12(14)13(10-6-7-10)9-11-5-3-8-15-11/h3,5,8,10H,2,4,6-7,9H2,1H3. The minimum Gasteiger partial charge on any atom is -0.467 e. The van der Waals surface area contributed by atoms with Crippen molar-refractivity contribution in [3.63, 3.8) is 0 Å². The third-order valence-electron chi connectivity index (χ3n) is 2.68. The molecule has 0 atom stereocenters. The highest BCUT2D eigenvalue weighted by Crippen LogP contribution is 2.29. The Morgan fingerprint density at radius 3 is 2.93 bits per heavy atom. The third-order valence-corrected chi connectivity index (χ3v) is 2.68. The zero-order chi connectivity index (χ0) is 10.7. The van der Waals surface area contributed by atoms with Crippen LogP contribution in [0, 0.1) is 0 Å². The number of carbonyl (C=O) groups is 1. The molecule has 1 amide bonds. The Labute approximate surface area is 90.1 Å². The summed E-state index contributed by atoms with van der Waals surface area (Å²) in [5.41, 5.74) is 0. The van der Waals surface area contributed by atoms with E-state index >= 15 is 0 Å². The molecule has 1 aliphatic carbocycles. The summed E-state index contributed by atoms with van der Waals surface area (Å²) < 4.78 is 5.28. The molecule has 1 aromatic rings. The Morgan fingerprint density at radius 1 is 1.60 bits per heavy atom. The lowest BCUT2D eigenvalue weighted by atomic mass is 10.2. The van der Waals surface area contributed by atoms with E-state index in [-0.39, 0.29) is 5.91 Å². The first-order valence-corrected chi connectivity index (χ1v) is 5.63.